The van der Waals surface area contributed by atoms with Crippen LogP contribution in [0.5, 0.6) is 0 Å². The van der Waals surface area contributed by atoms with Gasteiger partial charge in [0.05, 0.1) is 5.56 Å². The third-order valence-corrected chi connectivity index (χ3v) is 2.85. The lowest BCUT2D eigenvalue weighted by Gasteiger charge is -2.11. The topological polar surface area (TPSA) is 0 Å². The van der Waals surface area contributed by atoms with E-state index in [2.05, 4.69) is 6.07 Å². The second-order valence-corrected chi connectivity index (χ2v) is 4.38. The molecule has 2 aromatic carbocycles. The summed E-state index contributed by atoms with van der Waals surface area (Å²) in [7, 11) is 0. The molecule has 0 spiro atoms. The highest BCUT2D eigenvalue weighted by Gasteiger charge is 2.30. The third-order valence-electron chi connectivity index (χ3n) is 2.62. The summed E-state index contributed by atoms with van der Waals surface area (Å²) in [5, 5.41) is 0.473. The van der Waals surface area contributed by atoms with Gasteiger partial charge in [0.1, 0.15) is 0 Å². The Bertz CT molecular complexity index is 573. The van der Waals surface area contributed by atoms with Crippen LogP contribution in [-0.2, 0) is 6.18 Å². The normalized spacial score (nSPS) is 11.6. The lowest BCUT2D eigenvalue weighted by molar-refractivity contribution is -0.137. The summed E-state index contributed by atoms with van der Waals surface area (Å²) < 4.78 is 38.0. The molecule has 93 valence electrons. The minimum Gasteiger partial charge on any atom is -0.166 e. The number of rotatable bonds is 1. The molecule has 1 radical (unpaired) electrons. The second-order valence-electron chi connectivity index (χ2n) is 3.95. The number of hydrogen-bond donors (Lipinski definition) is 0. The molecule has 0 amide bonds. The fourth-order valence-electron chi connectivity index (χ4n) is 1.68. The van der Waals surface area contributed by atoms with Gasteiger partial charge in [-0.15, -0.1) is 0 Å². The van der Waals surface area contributed by atoms with E-state index >= 15 is 0 Å². The first-order chi connectivity index (χ1) is 8.38. The maximum Gasteiger partial charge on any atom is 0.416 e. The van der Waals surface area contributed by atoms with Crippen molar-refractivity contribution in [3.05, 3.63) is 58.6 Å². The molecule has 2 aromatic rings. The van der Waals surface area contributed by atoms with Crippen LogP contribution in [0.4, 0.5) is 13.2 Å². The Morgan fingerprint density at radius 1 is 1.11 bits per heavy atom. The van der Waals surface area contributed by atoms with Crippen LogP contribution in [0.15, 0.2) is 36.4 Å². The van der Waals surface area contributed by atoms with Gasteiger partial charge in [-0.1, -0.05) is 23.7 Å². The van der Waals surface area contributed by atoms with Gasteiger partial charge >= 0.3 is 6.18 Å². The van der Waals surface area contributed by atoms with Crippen LogP contribution in [0.2, 0.25) is 5.02 Å². The average Bonchev–Trinajstić information content (AvgIpc) is 2.28. The minimum absolute atomic E-state index is 0.473. The molecule has 0 nitrogen and oxygen atoms in total. The predicted octanol–water partition coefficient (Wildman–Crippen LogP) is 5.13. The molecule has 0 aliphatic carbocycles. The van der Waals surface area contributed by atoms with Crippen LogP contribution < -0.4 is 0 Å². The molecule has 0 N–H and O–H groups in total. The predicted molar refractivity (Wildman–Crippen MR) is 65.5 cm³/mol. The number of hydrogen-bond acceptors (Lipinski definition) is 0. The van der Waals surface area contributed by atoms with Gasteiger partial charge in [0.2, 0.25) is 0 Å². The highest BCUT2D eigenvalue weighted by molar-refractivity contribution is 6.30. The lowest BCUT2D eigenvalue weighted by Crippen LogP contribution is -2.05. The van der Waals surface area contributed by atoms with Crippen molar-refractivity contribution in [3.63, 3.8) is 0 Å². The van der Waals surface area contributed by atoms with Gasteiger partial charge < -0.3 is 0 Å². The van der Waals surface area contributed by atoms with E-state index in [0.29, 0.717) is 16.1 Å². The van der Waals surface area contributed by atoms with Crippen LogP contribution in [0.3, 0.4) is 0 Å². The van der Waals surface area contributed by atoms with Crippen molar-refractivity contribution in [1.82, 2.24) is 0 Å². The Balaban J connectivity index is 2.57. The zero-order chi connectivity index (χ0) is 13.3. The summed E-state index contributed by atoms with van der Waals surface area (Å²) in [5.74, 6) is 0. The van der Waals surface area contributed by atoms with Gasteiger partial charge in [-0.2, -0.15) is 13.2 Å². The molecule has 0 heterocycles. The van der Waals surface area contributed by atoms with Crippen molar-refractivity contribution in [2.75, 3.05) is 0 Å². The Morgan fingerprint density at radius 3 is 2.44 bits per heavy atom. The number of alkyl halides is 3. The lowest BCUT2D eigenvalue weighted by atomic mass is 9.98. The van der Waals surface area contributed by atoms with Crippen LogP contribution in [0, 0.1) is 13.0 Å². The van der Waals surface area contributed by atoms with Crippen LogP contribution >= 0.6 is 11.6 Å². The van der Waals surface area contributed by atoms with Crippen molar-refractivity contribution in [3.8, 4) is 11.1 Å². The molecule has 0 fully saturated rings. The molecule has 0 saturated carbocycles. The highest BCUT2D eigenvalue weighted by Crippen LogP contribution is 2.34. The van der Waals surface area contributed by atoms with Gasteiger partial charge in [-0.05, 0) is 53.9 Å². The maximum atomic E-state index is 12.7. The molecule has 0 saturated heterocycles. The van der Waals surface area contributed by atoms with Gasteiger partial charge in [-0.3, -0.25) is 0 Å². The first kappa shape index (κ1) is 13.0. The van der Waals surface area contributed by atoms with Gasteiger partial charge in [0.15, 0.2) is 0 Å². The number of benzene rings is 2. The van der Waals surface area contributed by atoms with Crippen LogP contribution in [0.1, 0.15) is 11.1 Å². The zero-order valence-corrected chi connectivity index (χ0v) is 10.2. The summed E-state index contributed by atoms with van der Waals surface area (Å²) in [5.41, 5.74) is 1.14. The van der Waals surface area contributed by atoms with Crippen molar-refractivity contribution in [2.45, 2.75) is 13.1 Å². The van der Waals surface area contributed by atoms with Crippen molar-refractivity contribution >= 4 is 11.6 Å². The van der Waals surface area contributed by atoms with Crippen molar-refractivity contribution < 1.29 is 13.2 Å². The van der Waals surface area contributed by atoms with E-state index in [1.807, 2.05) is 0 Å². The summed E-state index contributed by atoms with van der Waals surface area (Å²) in [6.45, 7) is 1.75. The highest BCUT2D eigenvalue weighted by atomic mass is 35.5. The quantitative estimate of drug-likeness (QED) is 0.673. The fraction of sp³-hybridized carbons (Fsp3) is 0.143. The third kappa shape index (κ3) is 2.67. The SMILES string of the molecule is Cc1ccc(C(F)(F)F)cc1-c1[c]ccc(Cl)c1. The number of halogens is 4. The van der Waals surface area contributed by atoms with Gasteiger partial charge in [0, 0.05) is 5.02 Å². The minimum atomic E-state index is -4.35. The van der Waals surface area contributed by atoms with Gasteiger partial charge in [0.25, 0.3) is 0 Å². The summed E-state index contributed by atoms with van der Waals surface area (Å²) in [6.07, 6.45) is -4.35. The molecule has 0 aromatic heterocycles. The van der Waals surface area contributed by atoms with Crippen LogP contribution in [-0.4, -0.2) is 0 Å². The maximum absolute atomic E-state index is 12.7. The monoisotopic (exact) mass is 269 g/mol. The largest absolute Gasteiger partial charge is 0.416 e. The number of aryl methyl sites for hydroxylation is 1. The standard InChI is InChI=1S/C14H9ClF3/c1-9-5-6-11(14(16,17)18)8-13(9)10-3-2-4-12(15)7-10/h2,4-8H,1H3. The Morgan fingerprint density at radius 2 is 1.83 bits per heavy atom. The van der Waals surface area contributed by atoms with Crippen LogP contribution in [0.25, 0.3) is 11.1 Å². The zero-order valence-electron chi connectivity index (χ0n) is 9.48. The van der Waals surface area contributed by atoms with E-state index in [9.17, 15) is 13.2 Å². The summed E-state index contributed by atoms with van der Waals surface area (Å²) in [6, 6.07) is 11.4. The summed E-state index contributed by atoms with van der Waals surface area (Å²) in [4.78, 5) is 0. The molecule has 0 aliphatic rings. The van der Waals surface area contributed by atoms with Crippen molar-refractivity contribution in [2.24, 2.45) is 0 Å². The van der Waals surface area contributed by atoms with E-state index in [-0.39, 0.29) is 0 Å². The Hall–Kier alpha value is -1.48. The van der Waals surface area contributed by atoms with Gasteiger partial charge in [-0.25, -0.2) is 0 Å². The Labute approximate surface area is 108 Å². The molecule has 18 heavy (non-hydrogen) atoms. The molecular weight excluding hydrogens is 261 g/mol. The Kier molecular flexibility index (Phi) is 3.35. The first-order valence-electron chi connectivity index (χ1n) is 5.23. The fourth-order valence-corrected chi connectivity index (χ4v) is 1.85. The average molecular weight is 270 g/mol. The van der Waals surface area contributed by atoms with Crippen molar-refractivity contribution in [1.29, 1.82) is 0 Å². The van der Waals surface area contributed by atoms with E-state index < -0.39 is 11.7 Å². The molecular formula is C14H9ClF3. The van der Waals surface area contributed by atoms with E-state index in [4.69, 9.17) is 11.6 Å². The molecule has 2 rings (SSSR count). The smallest absolute Gasteiger partial charge is 0.166 e. The molecule has 0 unspecified atom stereocenters. The second kappa shape index (κ2) is 4.65. The summed E-state index contributed by atoms with van der Waals surface area (Å²) >= 11 is 5.83. The van der Waals surface area contributed by atoms with E-state index in [0.717, 1.165) is 17.7 Å². The molecule has 0 aliphatic heterocycles. The molecule has 4 heteroatoms. The first-order valence-corrected chi connectivity index (χ1v) is 5.61. The molecule has 0 bridgehead atoms. The van der Waals surface area contributed by atoms with E-state index in [1.54, 1.807) is 25.1 Å². The molecule has 0 atom stereocenters. The van der Waals surface area contributed by atoms with E-state index in [1.165, 1.54) is 6.07 Å².